The zero-order valence-corrected chi connectivity index (χ0v) is 40.4. The minimum atomic E-state index is -1.52. The molecule has 2 unspecified atom stereocenters. The lowest BCUT2D eigenvalue weighted by atomic mass is 10.1. The maximum atomic E-state index is 12.8. The van der Waals surface area contributed by atoms with Crippen LogP contribution < -0.4 is 0 Å². The topological polar surface area (TPSA) is 108 Å². The molecule has 0 saturated heterocycles. The van der Waals surface area contributed by atoms with Gasteiger partial charge in [-0.2, -0.15) is 0 Å². The molecule has 0 spiro atoms. The number of hydrogen-bond acceptors (Lipinski definition) is 7. The average molecular weight is 881 g/mol. The molecule has 0 aliphatic rings. The molecule has 0 rings (SSSR count). The lowest BCUT2D eigenvalue weighted by Crippen LogP contribution is -2.40. The fourth-order valence-electron chi connectivity index (χ4n) is 6.03. The second kappa shape index (κ2) is 44.8. The van der Waals surface area contributed by atoms with E-state index in [1.807, 2.05) is 21.1 Å². The highest BCUT2D eigenvalue weighted by Gasteiger charge is 2.25. The Bertz CT molecular complexity index is 1350. The predicted octanol–water partition coefficient (Wildman–Crippen LogP) is 13.4. The van der Waals surface area contributed by atoms with Crippen LogP contribution in [0.2, 0.25) is 0 Å². The van der Waals surface area contributed by atoms with E-state index in [0.717, 1.165) is 122 Å². The molecule has 0 bridgehead atoms. The third-order valence-electron chi connectivity index (χ3n) is 9.82. The highest BCUT2D eigenvalue weighted by Crippen LogP contribution is 2.12. The molecular formula is C54H90NO8+. The van der Waals surface area contributed by atoms with Gasteiger partial charge in [0, 0.05) is 12.8 Å². The van der Waals surface area contributed by atoms with Gasteiger partial charge in [0.25, 0.3) is 6.29 Å². The Morgan fingerprint density at radius 3 is 1.37 bits per heavy atom. The fourth-order valence-corrected chi connectivity index (χ4v) is 6.03. The molecule has 0 radical (unpaired) electrons. The van der Waals surface area contributed by atoms with Crippen molar-refractivity contribution < 1.29 is 42.9 Å². The summed E-state index contributed by atoms with van der Waals surface area (Å²) >= 11 is 0. The third-order valence-corrected chi connectivity index (χ3v) is 9.82. The first-order chi connectivity index (χ1) is 30.6. The van der Waals surface area contributed by atoms with Crippen LogP contribution >= 0.6 is 0 Å². The van der Waals surface area contributed by atoms with E-state index in [9.17, 15) is 19.5 Å². The zero-order valence-electron chi connectivity index (χ0n) is 40.4. The van der Waals surface area contributed by atoms with Gasteiger partial charge in [-0.3, -0.25) is 9.59 Å². The molecule has 358 valence electrons. The number of carboxylic acids is 1. The molecule has 0 fully saturated rings. The standard InChI is InChI=1S/C54H89NO8/c1-6-8-10-12-14-16-18-19-20-21-22-23-24-25-26-27-28-29-30-31-32-33-35-37-39-41-43-45-52(57)63-50(49-62-54(53(58)59)60-47-46-55(3,4)5)48-61-51(56)44-42-40-38-36-34-17-15-13-11-9-7-2/h8,10,13-16,19-20,22-23,25-26,28-29,31-32,50,54H,6-7,9,11-12,17-18,21,24,27,30,33-49H2,1-5H3/p+1/b10-8-,15-13-,16-14-,20-19-,23-22-,26-25-,29-28-,32-31-. The van der Waals surface area contributed by atoms with Gasteiger partial charge in [0.1, 0.15) is 13.2 Å². The lowest BCUT2D eigenvalue weighted by Gasteiger charge is -2.25. The van der Waals surface area contributed by atoms with Gasteiger partial charge in [-0.1, -0.05) is 162 Å². The van der Waals surface area contributed by atoms with Crippen LogP contribution in [0.3, 0.4) is 0 Å². The lowest BCUT2D eigenvalue weighted by molar-refractivity contribution is -0.870. The minimum absolute atomic E-state index is 0.177. The first-order valence-electron chi connectivity index (χ1n) is 24.4. The summed E-state index contributed by atoms with van der Waals surface area (Å²) in [5.41, 5.74) is 0. The van der Waals surface area contributed by atoms with Gasteiger partial charge in [0.15, 0.2) is 6.10 Å². The van der Waals surface area contributed by atoms with Crippen molar-refractivity contribution in [2.24, 2.45) is 0 Å². The molecular weight excluding hydrogens is 791 g/mol. The van der Waals surface area contributed by atoms with E-state index in [1.54, 1.807) is 0 Å². The van der Waals surface area contributed by atoms with Gasteiger partial charge < -0.3 is 28.5 Å². The van der Waals surface area contributed by atoms with E-state index < -0.39 is 24.3 Å². The van der Waals surface area contributed by atoms with Crippen LogP contribution in [0, 0.1) is 0 Å². The number of nitrogens with zero attached hydrogens (tertiary/aromatic N) is 1. The van der Waals surface area contributed by atoms with Crippen LogP contribution in [0.15, 0.2) is 97.2 Å². The number of carboxylic acid groups (broad SMARTS) is 1. The molecule has 0 amide bonds. The van der Waals surface area contributed by atoms with Crippen LogP contribution in [0.1, 0.15) is 168 Å². The van der Waals surface area contributed by atoms with Gasteiger partial charge in [0.05, 0.1) is 34.4 Å². The fraction of sp³-hybridized carbons (Fsp3) is 0.648. The van der Waals surface area contributed by atoms with Gasteiger partial charge in [-0.15, -0.1) is 0 Å². The third kappa shape index (κ3) is 46.0. The number of aliphatic carboxylic acids is 1. The van der Waals surface area contributed by atoms with E-state index in [1.165, 1.54) is 12.8 Å². The number of hydrogen-bond donors (Lipinski definition) is 1. The van der Waals surface area contributed by atoms with E-state index in [2.05, 4.69) is 111 Å². The number of carbonyl (C=O) groups excluding carboxylic acids is 2. The SMILES string of the molecule is CC/C=C\C/C=C\C/C=C\C/C=C\C/C=C\C/C=C\C/C=C\CCCCCCCC(=O)OC(COC(=O)CCCCCCC/C=C\CCCC)COC(OCC[N+](C)(C)C)C(=O)O. The maximum Gasteiger partial charge on any atom is 0.361 e. The Kier molecular flexibility index (Phi) is 42.1. The predicted molar refractivity (Wildman–Crippen MR) is 262 cm³/mol. The number of esters is 2. The second-order valence-corrected chi connectivity index (χ2v) is 17.0. The molecule has 0 aliphatic heterocycles. The molecule has 1 N–H and O–H groups in total. The molecule has 9 heteroatoms. The Balaban J connectivity index is 4.38. The highest BCUT2D eigenvalue weighted by atomic mass is 16.7. The maximum absolute atomic E-state index is 12.8. The summed E-state index contributed by atoms with van der Waals surface area (Å²) in [5, 5.41) is 9.64. The molecule has 0 aromatic rings. The molecule has 63 heavy (non-hydrogen) atoms. The summed E-state index contributed by atoms with van der Waals surface area (Å²) in [6.07, 6.45) is 56.2. The number of likely N-dealkylation sites (N-methyl/N-ethyl adjacent to an activating group) is 1. The molecule has 0 aromatic heterocycles. The Morgan fingerprint density at radius 1 is 0.492 bits per heavy atom. The number of quaternary nitrogens is 1. The summed E-state index contributed by atoms with van der Waals surface area (Å²) in [6.45, 7) is 4.65. The van der Waals surface area contributed by atoms with Crippen LogP contribution in [0.25, 0.3) is 0 Å². The van der Waals surface area contributed by atoms with Crippen molar-refractivity contribution in [2.45, 2.75) is 180 Å². The van der Waals surface area contributed by atoms with Crippen LogP contribution in [-0.4, -0.2) is 87.4 Å². The Hall–Kier alpha value is -3.79. The minimum Gasteiger partial charge on any atom is -0.477 e. The van der Waals surface area contributed by atoms with Crippen molar-refractivity contribution >= 4 is 17.9 Å². The summed E-state index contributed by atoms with van der Waals surface area (Å²) in [5.74, 6) is -2.06. The van der Waals surface area contributed by atoms with E-state index in [4.69, 9.17) is 18.9 Å². The quantitative estimate of drug-likeness (QED) is 0.0212. The van der Waals surface area contributed by atoms with Crippen molar-refractivity contribution in [1.29, 1.82) is 0 Å². The number of carbonyl (C=O) groups is 3. The molecule has 9 nitrogen and oxygen atoms in total. The first kappa shape index (κ1) is 59.2. The largest absolute Gasteiger partial charge is 0.477 e. The molecule has 2 atom stereocenters. The summed E-state index contributed by atoms with van der Waals surface area (Å²) in [6, 6.07) is 0. The van der Waals surface area contributed by atoms with Gasteiger partial charge in [0.2, 0.25) is 0 Å². The van der Waals surface area contributed by atoms with Gasteiger partial charge >= 0.3 is 17.9 Å². The van der Waals surface area contributed by atoms with Gasteiger partial charge in [-0.25, -0.2) is 4.79 Å². The van der Waals surface area contributed by atoms with E-state index >= 15 is 0 Å². The Labute approximate surface area is 384 Å². The number of rotatable bonds is 43. The van der Waals surface area contributed by atoms with Crippen LogP contribution in [0.4, 0.5) is 0 Å². The van der Waals surface area contributed by atoms with Crippen LogP contribution in [-0.2, 0) is 33.3 Å². The first-order valence-corrected chi connectivity index (χ1v) is 24.4. The smallest absolute Gasteiger partial charge is 0.361 e. The zero-order chi connectivity index (χ0) is 46.3. The summed E-state index contributed by atoms with van der Waals surface area (Å²) in [4.78, 5) is 37.1. The molecule has 0 aromatic carbocycles. The normalized spacial score (nSPS) is 13.7. The average Bonchev–Trinajstić information content (AvgIpc) is 3.24. The number of allylic oxidation sites excluding steroid dienone is 16. The van der Waals surface area contributed by atoms with E-state index in [0.29, 0.717) is 17.4 Å². The summed E-state index contributed by atoms with van der Waals surface area (Å²) in [7, 11) is 5.94. The second-order valence-electron chi connectivity index (χ2n) is 17.0. The van der Waals surface area contributed by atoms with Crippen molar-refractivity contribution in [2.75, 3.05) is 47.5 Å². The van der Waals surface area contributed by atoms with Crippen LogP contribution in [0.5, 0.6) is 0 Å². The van der Waals surface area contributed by atoms with Gasteiger partial charge in [-0.05, 0) is 89.9 Å². The molecule has 0 heterocycles. The monoisotopic (exact) mass is 881 g/mol. The van der Waals surface area contributed by atoms with Crippen molar-refractivity contribution in [1.82, 2.24) is 0 Å². The number of unbranched alkanes of at least 4 members (excludes halogenated alkanes) is 12. The van der Waals surface area contributed by atoms with Crippen molar-refractivity contribution in [3.8, 4) is 0 Å². The van der Waals surface area contributed by atoms with Crippen molar-refractivity contribution in [3.05, 3.63) is 97.2 Å². The molecule has 0 saturated carbocycles. The Morgan fingerprint density at radius 2 is 0.905 bits per heavy atom. The summed E-state index contributed by atoms with van der Waals surface area (Å²) < 4.78 is 22.7. The number of ether oxygens (including phenoxy) is 4. The molecule has 0 aliphatic carbocycles. The van der Waals surface area contributed by atoms with E-state index in [-0.39, 0.29) is 38.6 Å². The highest BCUT2D eigenvalue weighted by molar-refractivity contribution is 5.71. The van der Waals surface area contributed by atoms with Crippen molar-refractivity contribution in [3.63, 3.8) is 0 Å².